The second kappa shape index (κ2) is 8.48. The topological polar surface area (TPSA) is 95.1 Å². The molecule has 2 aromatic heterocycles. The second-order valence-electron chi connectivity index (χ2n) is 6.24. The lowest BCUT2D eigenvalue weighted by Crippen LogP contribution is -2.25. The molecule has 27 heavy (non-hydrogen) atoms. The van der Waals surface area contributed by atoms with Gasteiger partial charge >= 0.3 is 0 Å². The van der Waals surface area contributed by atoms with E-state index in [0.717, 1.165) is 29.1 Å². The Bertz CT molecular complexity index is 898. The summed E-state index contributed by atoms with van der Waals surface area (Å²) < 4.78 is 12.5. The van der Waals surface area contributed by atoms with E-state index >= 15 is 0 Å². The zero-order valence-corrected chi connectivity index (χ0v) is 15.7. The highest BCUT2D eigenvalue weighted by Crippen LogP contribution is 2.18. The zero-order valence-electron chi connectivity index (χ0n) is 15.7. The van der Waals surface area contributed by atoms with Crippen molar-refractivity contribution in [3.05, 3.63) is 47.5 Å². The normalized spacial score (nSPS) is 10.8. The first-order valence-corrected chi connectivity index (χ1v) is 8.78. The summed E-state index contributed by atoms with van der Waals surface area (Å²) in [6.45, 7) is 2.48. The highest BCUT2D eigenvalue weighted by atomic mass is 16.5. The van der Waals surface area contributed by atoms with E-state index in [1.807, 2.05) is 44.3 Å². The highest BCUT2D eigenvalue weighted by Gasteiger charge is 2.14. The van der Waals surface area contributed by atoms with Gasteiger partial charge in [0.1, 0.15) is 11.4 Å². The Hall–Kier alpha value is -3.16. The van der Waals surface area contributed by atoms with Gasteiger partial charge in [-0.1, -0.05) is 12.1 Å². The van der Waals surface area contributed by atoms with Gasteiger partial charge in [-0.3, -0.25) is 9.48 Å². The summed E-state index contributed by atoms with van der Waals surface area (Å²) in [5.74, 6) is 1.63. The van der Waals surface area contributed by atoms with Crippen LogP contribution in [0, 0.1) is 6.92 Å². The average molecular weight is 369 g/mol. The summed E-state index contributed by atoms with van der Waals surface area (Å²) in [6.07, 6.45) is 1.47. The number of carbonyl (C=O) groups is 1. The lowest BCUT2D eigenvalue weighted by molar-refractivity contribution is -0.121. The molecule has 0 aliphatic rings. The number of benzene rings is 1. The fraction of sp³-hybridized carbons (Fsp3) is 0.368. The standard InChI is InChI=1S/C19H23N5O3/c1-13-12-16(24(2)23-13)19-22-21-18(27-19)9-8-17(25)20-11-10-14-4-6-15(26-3)7-5-14/h4-7,12H,8-11H2,1-3H3,(H,20,25). The van der Waals surface area contributed by atoms with Gasteiger partial charge in [0.25, 0.3) is 5.89 Å². The Morgan fingerprint density at radius 3 is 2.67 bits per heavy atom. The molecule has 142 valence electrons. The molecule has 1 amide bonds. The molecule has 0 unspecified atom stereocenters. The van der Waals surface area contributed by atoms with Gasteiger partial charge in [-0.25, -0.2) is 0 Å². The molecule has 2 heterocycles. The van der Waals surface area contributed by atoms with E-state index in [2.05, 4.69) is 20.6 Å². The predicted molar refractivity (Wildman–Crippen MR) is 99.3 cm³/mol. The number of methoxy groups -OCH3 is 1. The summed E-state index contributed by atoms with van der Waals surface area (Å²) in [7, 11) is 3.46. The van der Waals surface area contributed by atoms with E-state index in [1.165, 1.54) is 0 Å². The molecular weight excluding hydrogens is 346 g/mol. The third kappa shape index (κ3) is 4.93. The third-order valence-electron chi connectivity index (χ3n) is 4.15. The smallest absolute Gasteiger partial charge is 0.265 e. The van der Waals surface area contributed by atoms with Crippen molar-refractivity contribution in [3.63, 3.8) is 0 Å². The van der Waals surface area contributed by atoms with Crippen LogP contribution in [0.5, 0.6) is 5.75 Å². The number of rotatable bonds is 8. The number of nitrogens with one attached hydrogen (secondary N) is 1. The molecule has 3 aromatic rings. The minimum Gasteiger partial charge on any atom is -0.497 e. The van der Waals surface area contributed by atoms with Crippen molar-refractivity contribution >= 4 is 5.91 Å². The molecule has 1 N–H and O–H groups in total. The van der Waals surface area contributed by atoms with E-state index in [1.54, 1.807) is 11.8 Å². The van der Waals surface area contributed by atoms with Crippen molar-refractivity contribution in [1.29, 1.82) is 0 Å². The number of nitrogens with zero attached hydrogens (tertiary/aromatic N) is 4. The van der Waals surface area contributed by atoms with Crippen molar-refractivity contribution in [2.45, 2.75) is 26.2 Å². The lowest BCUT2D eigenvalue weighted by Gasteiger charge is -2.05. The SMILES string of the molecule is COc1ccc(CCNC(=O)CCc2nnc(-c3cc(C)nn3C)o2)cc1. The first-order chi connectivity index (χ1) is 13.0. The van der Waals surface area contributed by atoms with Crippen LogP contribution >= 0.6 is 0 Å². The Balaban J connectivity index is 1.43. The van der Waals surface area contributed by atoms with Gasteiger partial charge in [0, 0.05) is 26.4 Å². The van der Waals surface area contributed by atoms with Gasteiger partial charge in [-0.15, -0.1) is 10.2 Å². The van der Waals surface area contributed by atoms with Crippen LogP contribution in [0.2, 0.25) is 0 Å². The van der Waals surface area contributed by atoms with E-state index < -0.39 is 0 Å². The Labute approximate surface area is 157 Å². The summed E-state index contributed by atoms with van der Waals surface area (Å²) >= 11 is 0. The quantitative estimate of drug-likeness (QED) is 0.653. The van der Waals surface area contributed by atoms with Crippen LogP contribution in [-0.2, 0) is 24.7 Å². The molecule has 0 radical (unpaired) electrons. The minimum atomic E-state index is -0.0420. The van der Waals surface area contributed by atoms with Gasteiger partial charge < -0.3 is 14.5 Å². The molecule has 0 spiro atoms. The maximum absolute atomic E-state index is 12.0. The largest absolute Gasteiger partial charge is 0.497 e. The van der Waals surface area contributed by atoms with Crippen LogP contribution < -0.4 is 10.1 Å². The molecule has 0 fully saturated rings. The molecule has 0 atom stereocenters. The van der Waals surface area contributed by atoms with Gasteiger partial charge in [-0.2, -0.15) is 5.10 Å². The van der Waals surface area contributed by atoms with Crippen LogP contribution in [0.4, 0.5) is 0 Å². The maximum atomic E-state index is 12.0. The van der Waals surface area contributed by atoms with E-state index in [-0.39, 0.29) is 5.91 Å². The molecular formula is C19H23N5O3. The van der Waals surface area contributed by atoms with Crippen molar-refractivity contribution in [2.75, 3.05) is 13.7 Å². The zero-order chi connectivity index (χ0) is 19.2. The molecule has 8 nitrogen and oxygen atoms in total. The predicted octanol–water partition coefficient (Wildman–Crippen LogP) is 2.08. The molecule has 8 heteroatoms. The van der Waals surface area contributed by atoms with E-state index in [0.29, 0.717) is 31.2 Å². The molecule has 0 saturated heterocycles. The monoisotopic (exact) mass is 369 g/mol. The fourth-order valence-electron chi connectivity index (χ4n) is 2.72. The number of amides is 1. The molecule has 1 aromatic carbocycles. The Morgan fingerprint density at radius 1 is 1.22 bits per heavy atom. The molecule has 0 aliphatic carbocycles. The lowest BCUT2D eigenvalue weighted by atomic mass is 10.1. The van der Waals surface area contributed by atoms with Crippen molar-refractivity contribution in [2.24, 2.45) is 7.05 Å². The Kier molecular flexibility index (Phi) is 5.85. The fourth-order valence-corrected chi connectivity index (χ4v) is 2.72. The number of aryl methyl sites for hydroxylation is 3. The van der Waals surface area contributed by atoms with Gasteiger partial charge in [-0.05, 0) is 37.1 Å². The summed E-state index contributed by atoms with van der Waals surface area (Å²) in [5.41, 5.74) is 2.78. The molecule has 3 rings (SSSR count). The number of hydrogen-bond donors (Lipinski definition) is 1. The van der Waals surface area contributed by atoms with Crippen molar-refractivity contribution in [1.82, 2.24) is 25.3 Å². The van der Waals surface area contributed by atoms with Gasteiger partial charge in [0.15, 0.2) is 0 Å². The molecule has 0 saturated carbocycles. The van der Waals surface area contributed by atoms with Crippen LogP contribution in [0.3, 0.4) is 0 Å². The average Bonchev–Trinajstić information content (AvgIpc) is 3.26. The van der Waals surface area contributed by atoms with Crippen LogP contribution in [-0.4, -0.2) is 39.5 Å². The third-order valence-corrected chi connectivity index (χ3v) is 4.15. The maximum Gasteiger partial charge on any atom is 0.265 e. The van der Waals surface area contributed by atoms with Crippen LogP contribution in [0.1, 0.15) is 23.6 Å². The number of hydrogen-bond acceptors (Lipinski definition) is 6. The second-order valence-corrected chi connectivity index (χ2v) is 6.24. The van der Waals surface area contributed by atoms with Gasteiger partial charge in [0.2, 0.25) is 11.8 Å². The van der Waals surface area contributed by atoms with Crippen molar-refractivity contribution < 1.29 is 13.9 Å². The number of carbonyl (C=O) groups excluding carboxylic acids is 1. The van der Waals surface area contributed by atoms with E-state index in [9.17, 15) is 4.79 Å². The molecule has 0 bridgehead atoms. The number of ether oxygens (including phenoxy) is 1. The first-order valence-electron chi connectivity index (χ1n) is 8.78. The summed E-state index contributed by atoms with van der Waals surface area (Å²) in [4.78, 5) is 12.0. The highest BCUT2D eigenvalue weighted by molar-refractivity contribution is 5.76. The first kappa shape index (κ1) is 18.6. The van der Waals surface area contributed by atoms with Gasteiger partial charge in [0.05, 0.1) is 12.8 Å². The van der Waals surface area contributed by atoms with Crippen LogP contribution in [0.25, 0.3) is 11.6 Å². The minimum absolute atomic E-state index is 0.0420. The summed E-state index contributed by atoms with van der Waals surface area (Å²) in [5, 5.41) is 15.2. The molecule has 0 aliphatic heterocycles. The van der Waals surface area contributed by atoms with E-state index in [4.69, 9.17) is 9.15 Å². The van der Waals surface area contributed by atoms with Crippen LogP contribution in [0.15, 0.2) is 34.7 Å². The summed E-state index contributed by atoms with van der Waals surface area (Å²) in [6, 6.07) is 9.68. The Morgan fingerprint density at radius 2 is 2.00 bits per heavy atom. The van der Waals surface area contributed by atoms with Crippen molar-refractivity contribution in [3.8, 4) is 17.3 Å². The number of aromatic nitrogens is 4.